The highest BCUT2D eigenvalue weighted by Gasteiger charge is 2.20. The average molecular weight is 434 g/mol. The summed E-state index contributed by atoms with van der Waals surface area (Å²) in [7, 11) is 1.87. The Kier molecular flexibility index (Phi) is 5.56. The van der Waals surface area contributed by atoms with Crippen LogP contribution >= 0.6 is 0 Å². The van der Waals surface area contributed by atoms with Gasteiger partial charge in [-0.1, -0.05) is 6.92 Å². The molecule has 1 aromatic carbocycles. The summed E-state index contributed by atoms with van der Waals surface area (Å²) < 4.78 is 16.7. The van der Waals surface area contributed by atoms with Gasteiger partial charge in [-0.05, 0) is 44.5 Å². The Labute approximate surface area is 184 Å². The molecule has 4 aromatic rings. The minimum absolute atomic E-state index is 0.173. The molecular formula is C23H23FN6O2. The molecule has 0 radical (unpaired) electrons. The van der Waals surface area contributed by atoms with Crippen LogP contribution in [0.15, 0.2) is 36.7 Å². The average Bonchev–Trinajstić information content (AvgIpc) is 3.23. The van der Waals surface area contributed by atoms with Crippen LogP contribution in [0.25, 0.3) is 17.1 Å². The first-order valence-electron chi connectivity index (χ1n) is 10.2. The molecule has 0 spiro atoms. The van der Waals surface area contributed by atoms with Gasteiger partial charge in [0.1, 0.15) is 17.7 Å². The van der Waals surface area contributed by atoms with Gasteiger partial charge in [-0.3, -0.25) is 4.68 Å². The summed E-state index contributed by atoms with van der Waals surface area (Å²) in [5.74, 6) is -0.802. The zero-order chi connectivity index (χ0) is 23.0. The van der Waals surface area contributed by atoms with E-state index in [2.05, 4.69) is 22.0 Å². The van der Waals surface area contributed by atoms with Gasteiger partial charge in [-0.25, -0.2) is 23.8 Å². The Morgan fingerprint density at radius 2 is 1.84 bits per heavy atom. The summed E-state index contributed by atoms with van der Waals surface area (Å²) in [6.07, 6.45) is 2.67. The molecule has 0 saturated heterocycles. The highest BCUT2D eigenvalue weighted by molar-refractivity contribution is 5.90. The third-order valence-corrected chi connectivity index (χ3v) is 5.48. The van der Waals surface area contributed by atoms with Crippen LogP contribution in [0.1, 0.15) is 45.6 Å². The summed E-state index contributed by atoms with van der Waals surface area (Å²) in [5, 5.41) is 18.5. The number of aryl methyl sites for hydroxylation is 2. The lowest BCUT2D eigenvalue weighted by atomic mass is 10.0. The van der Waals surface area contributed by atoms with Gasteiger partial charge < -0.3 is 5.11 Å². The van der Waals surface area contributed by atoms with E-state index >= 15 is 0 Å². The topological polar surface area (TPSA) is 98.7 Å². The predicted molar refractivity (Wildman–Crippen MR) is 116 cm³/mol. The van der Waals surface area contributed by atoms with Crippen molar-refractivity contribution in [3.8, 4) is 17.1 Å². The van der Waals surface area contributed by atoms with E-state index in [0.29, 0.717) is 23.6 Å². The first kappa shape index (κ1) is 21.4. The second kappa shape index (κ2) is 8.33. The predicted octanol–water partition coefficient (Wildman–Crippen LogP) is 3.67. The molecule has 32 heavy (non-hydrogen) atoms. The molecule has 9 heteroatoms. The fourth-order valence-corrected chi connectivity index (χ4v) is 4.05. The van der Waals surface area contributed by atoms with E-state index in [0.717, 1.165) is 34.6 Å². The molecule has 3 aromatic heterocycles. The van der Waals surface area contributed by atoms with Crippen molar-refractivity contribution in [1.29, 1.82) is 0 Å². The second-order valence-corrected chi connectivity index (χ2v) is 7.57. The molecule has 0 aliphatic rings. The van der Waals surface area contributed by atoms with E-state index < -0.39 is 5.97 Å². The lowest BCUT2D eigenvalue weighted by Crippen LogP contribution is -2.06. The normalized spacial score (nSPS) is 11.2. The zero-order valence-electron chi connectivity index (χ0n) is 18.3. The fourth-order valence-electron chi connectivity index (χ4n) is 4.05. The number of carbonyl (C=O) groups is 1. The van der Waals surface area contributed by atoms with Crippen LogP contribution in [0.3, 0.4) is 0 Å². The maximum atomic E-state index is 13.4. The zero-order valence-corrected chi connectivity index (χ0v) is 18.3. The standard InChI is InChI=1S/C23H23FN6O2/c1-5-18-19(28-29(4)22(18)15-6-8-16(24)9-7-15)10-17-11-20(26-12-25-17)30-14(3)21(23(31)32)13(2)27-30/h6-9,11-12H,5,10H2,1-4H3,(H,31,32). The van der Waals surface area contributed by atoms with Crippen LogP contribution in [0.4, 0.5) is 4.39 Å². The molecule has 1 N–H and O–H groups in total. The van der Waals surface area contributed by atoms with Gasteiger partial charge in [0.25, 0.3) is 0 Å². The van der Waals surface area contributed by atoms with Gasteiger partial charge in [-0.15, -0.1) is 0 Å². The molecule has 0 unspecified atom stereocenters. The van der Waals surface area contributed by atoms with Crippen LogP contribution in [-0.2, 0) is 19.9 Å². The van der Waals surface area contributed by atoms with Crippen LogP contribution in [0.2, 0.25) is 0 Å². The van der Waals surface area contributed by atoms with Crippen molar-refractivity contribution < 1.29 is 14.3 Å². The number of carboxylic acid groups (broad SMARTS) is 1. The van der Waals surface area contributed by atoms with Crippen LogP contribution in [-0.4, -0.2) is 40.6 Å². The van der Waals surface area contributed by atoms with Gasteiger partial charge in [0.05, 0.1) is 28.5 Å². The van der Waals surface area contributed by atoms with Crippen molar-refractivity contribution >= 4 is 5.97 Å². The van der Waals surface area contributed by atoms with Crippen molar-refractivity contribution in [2.24, 2.45) is 7.05 Å². The van der Waals surface area contributed by atoms with Crippen LogP contribution < -0.4 is 0 Å². The lowest BCUT2D eigenvalue weighted by molar-refractivity contribution is 0.0695. The van der Waals surface area contributed by atoms with Crippen molar-refractivity contribution in [2.45, 2.75) is 33.6 Å². The van der Waals surface area contributed by atoms with E-state index in [-0.39, 0.29) is 11.4 Å². The SMILES string of the molecule is CCc1c(Cc2cc(-n3nc(C)c(C(=O)O)c3C)ncn2)nn(C)c1-c1ccc(F)cc1. The third kappa shape index (κ3) is 3.77. The fraction of sp³-hybridized carbons (Fsp3) is 0.261. The molecule has 8 nitrogen and oxygen atoms in total. The summed E-state index contributed by atoms with van der Waals surface area (Å²) in [4.78, 5) is 20.2. The molecule has 164 valence electrons. The summed E-state index contributed by atoms with van der Waals surface area (Å²) in [6.45, 7) is 5.42. The number of halogens is 1. The van der Waals surface area contributed by atoms with Gasteiger partial charge in [0.15, 0.2) is 5.82 Å². The highest BCUT2D eigenvalue weighted by atomic mass is 19.1. The summed E-state index contributed by atoms with van der Waals surface area (Å²) >= 11 is 0. The smallest absolute Gasteiger partial charge is 0.339 e. The molecule has 0 bridgehead atoms. The number of aromatic nitrogens is 6. The second-order valence-electron chi connectivity index (χ2n) is 7.57. The highest BCUT2D eigenvalue weighted by Crippen LogP contribution is 2.28. The maximum Gasteiger partial charge on any atom is 0.339 e. The Hall–Kier alpha value is -3.88. The number of rotatable bonds is 6. The first-order valence-corrected chi connectivity index (χ1v) is 10.2. The maximum absolute atomic E-state index is 13.4. The molecule has 0 saturated carbocycles. The number of nitrogens with zero attached hydrogens (tertiary/aromatic N) is 6. The summed E-state index contributed by atoms with van der Waals surface area (Å²) in [5.41, 5.74) is 5.63. The third-order valence-electron chi connectivity index (χ3n) is 5.48. The van der Waals surface area contributed by atoms with Crippen molar-refractivity contribution in [2.75, 3.05) is 0 Å². The minimum Gasteiger partial charge on any atom is -0.478 e. The first-order chi connectivity index (χ1) is 15.3. The van der Waals surface area contributed by atoms with E-state index in [4.69, 9.17) is 5.10 Å². The largest absolute Gasteiger partial charge is 0.478 e. The van der Waals surface area contributed by atoms with Crippen LogP contribution in [0, 0.1) is 19.7 Å². The van der Waals surface area contributed by atoms with Crippen molar-refractivity contribution in [1.82, 2.24) is 29.5 Å². The number of hydrogen-bond acceptors (Lipinski definition) is 5. The Bertz CT molecular complexity index is 1310. The molecule has 0 atom stereocenters. The quantitative estimate of drug-likeness (QED) is 0.497. The van der Waals surface area contributed by atoms with Crippen molar-refractivity contribution in [3.05, 3.63) is 76.4 Å². The Morgan fingerprint density at radius 3 is 2.47 bits per heavy atom. The number of benzene rings is 1. The van der Waals surface area contributed by atoms with Gasteiger partial charge >= 0.3 is 5.97 Å². The molecule has 3 heterocycles. The van der Waals surface area contributed by atoms with E-state index in [1.54, 1.807) is 32.0 Å². The van der Waals surface area contributed by atoms with E-state index in [1.165, 1.54) is 23.1 Å². The minimum atomic E-state index is -1.02. The summed E-state index contributed by atoms with van der Waals surface area (Å²) in [6, 6.07) is 8.18. The number of carboxylic acids is 1. The van der Waals surface area contributed by atoms with Gasteiger partial charge in [0.2, 0.25) is 0 Å². The molecule has 0 amide bonds. The molecule has 0 aliphatic carbocycles. The van der Waals surface area contributed by atoms with Gasteiger partial charge in [0, 0.05) is 30.7 Å². The number of hydrogen-bond donors (Lipinski definition) is 1. The van der Waals surface area contributed by atoms with Crippen molar-refractivity contribution in [3.63, 3.8) is 0 Å². The Morgan fingerprint density at radius 1 is 1.12 bits per heavy atom. The Balaban J connectivity index is 1.71. The molecule has 4 rings (SSSR count). The molecular weight excluding hydrogens is 411 g/mol. The van der Waals surface area contributed by atoms with Crippen LogP contribution in [0.5, 0.6) is 0 Å². The van der Waals surface area contributed by atoms with E-state index in [1.807, 2.05) is 11.7 Å². The molecule has 0 aliphatic heterocycles. The number of aromatic carboxylic acids is 1. The molecule has 0 fully saturated rings. The van der Waals surface area contributed by atoms with E-state index in [9.17, 15) is 14.3 Å². The monoisotopic (exact) mass is 434 g/mol. The van der Waals surface area contributed by atoms with Gasteiger partial charge in [-0.2, -0.15) is 10.2 Å². The lowest BCUT2D eigenvalue weighted by Gasteiger charge is -2.07.